The van der Waals surface area contributed by atoms with Gasteiger partial charge in [0.2, 0.25) is 0 Å². The highest BCUT2D eigenvalue weighted by Crippen LogP contribution is 2.09. The maximum atomic E-state index is 13.4. The van der Waals surface area contributed by atoms with E-state index >= 15 is 0 Å². The number of nitrogens with two attached hydrogens (primary N) is 1. The molecule has 2 aromatic rings. The second-order valence-corrected chi connectivity index (χ2v) is 4.78. The molecule has 0 aliphatic heterocycles. The number of nitrogens with one attached hydrogen (secondary N) is 1. The van der Waals surface area contributed by atoms with Crippen LogP contribution in [0.2, 0.25) is 0 Å². The van der Waals surface area contributed by atoms with E-state index in [-0.39, 0.29) is 5.82 Å². The Morgan fingerprint density at radius 1 is 1.33 bits per heavy atom. The first-order chi connectivity index (χ1) is 10.1. The van der Waals surface area contributed by atoms with E-state index in [2.05, 4.69) is 15.3 Å². The number of hydrogen-bond donors (Lipinski definition) is 2. The lowest BCUT2D eigenvalue weighted by molar-refractivity contribution is 0.616. The van der Waals surface area contributed by atoms with E-state index in [1.54, 1.807) is 19.2 Å². The quantitative estimate of drug-likeness (QED) is 0.654. The Morgan fingerprint density at radius 2 is 2.19 bits per heavy atom. The Labute approximate surface area is 123 Å². The molecular weight excluding hydrogens is 267 g/mol. The summed E-state index contributed by atoms with van der Waals surface area (Å²) < 4.78 is 13.4. The smallest absolute Gasteiger partial charge is 0.188 e. The number of rotatable bonds is 5. The molecule has 0 spiro atoms. The molecule has 0 radical (unpaired) electrons. The summed E-state index contributed by atoms with van der Waals surface area (Å²) in [6, 6.07) is 10.9. The van der Waals surface area contributed by atoms with Crippen LogP contribution in [0.4, 0.5) is 4.39 Å². The van der Waals surface area contributed by atoms with Crippen LogP contribution in [-0.4, -0.2) is 17.5 Å². The molecule has 3 N–H and O–H groups in total. The third-order valence-electron chi connectivity index (χ3n) is 3.08. The van der Waals surface area contributed by atoms with Gasteiger partial charge in [-0.2, -0.15) is 0 Å². The highest BCUT2D eigenvalue weighted by atomic mass is 19.1. The van der Waals surface area contributed by atoms with E-state index in [1.165, 1.54) is 6.07 Å². The fourth-order valence-corrected chi connectivity index (χ4v) is 1.83. The Balaban J connectivity index is 1.80. The lowest BCUT2D eigenvalue weighted by Gasteiger charge is -2.06. The van der Waals surface area contributed by atoms with Crippen molar-refractivity contribution in [3.63, 3.8) is 0 Å². The summed E-state index contributed by atoms with van der Waals surface area (Å²) in [6.07, 6.45) is 2.54. The fraction of sp³-hybridized carbons (Fsp3) is 0.250. The Hall–Kier alpha value is -2.43. The summed E-state index contributed by atoms with van der Waals surface area (Å²) in [6.45, 7) is 2.75. The number of benzene rings is 1. The maximum Gasteiger partial charge on any atom is 0.188 e. The first kappa shape index (κ1) is 15.0. The summed E-state index contributed by atoms with van der Waals surface area (Å²) in [5.41, 5.74) is 8.20. The van der Waals surface area contributed by atoms with Crippen LogP contribution in [0.25, 0.3) is 0 Å². The molecule has 0 aliphatic carbocycles. The predicted octanol–water partition coefficient (Wildman–Crippen LogP) is 2.18. The van der Waals surface area contributed by atoms with Crippen molar-refractivity contribution in [2.75, 3.05) is 6.54 Å². The van der Waals surface area contributed by atoms with Crippen LogP contribution in [-0.2, 0) is 13.0 Å². The van der Waals surface area contributed by atoms with Crippen molar-refractivity contribution in [1.29, 1.82) is 0 Å². The van der Waals surface area contributed by atoms with Gasteiger partial charge in [0.1, 0.15) is 5.82 Å². The van der Waals surface area contributed by atoms with Gasteiger partial charge in [-0.25, -0.2) is 9.38 Å². The molecule has 0 saturated heterocycles. The molecule has 0 atom stereocenters. The lowest BCUT2D eigenvalue weighted by Crippen LogP contribution is -2.33. The molecule has 0 aliphatic rings. The van der Waals surface area contributed by atoms with Crippen molar-refractivity contribution in [1.82, 2.24) is 10.3 Å². The van der Waals surface area contributed by atoms with Crippen molar-refractivity contribution in [3.8, 4) is 0 Å². The van der Waals surface area contributed by atoms with E-state index in [4.69, 9.17) is 5.73 Å². The molecule has 1 aromatic heterocycles. The monoisotopic (exact) mass is 286 g/mol. The van der Waals surface area contributed by atoms with Gasteiger partial charge in [0.05, 0.1) is 6.54 Å². The zero-order valence-corrected chi connectivity index (χ0v) is 12.0. The number of hydrogen-bond acceptors (Lipinski definition) is 2. The first-order valence-electron chi connectivity index (χ1n) is 6.84. The minimum atomic E-state index is -0.218. The second-order valence-electron chi connectivity index (χ2n) is 4.78. The van der Waals surface area contributed by atoms with Crippen LogP contribution in [0.5, 0.6) is 0 Å². The number of aryl methyl sites for hydroxylation is 1. The number of nitrogens with zero attached hydrogens (tertiary/aromatic N) is 2. The summed E-state index contributed by atoms with van der Waals surface area (Å²) in [5.74, 6) is 0.135. The van der Waals surface area contributed by atoms with Crippen LogP contribution in [0.15, 0.2) is 47.6 Å². The zero-order valence-electron chi connectivity index (χ0n) is 12.0. The number of aromatic nitrogens is 1. The number of guanidine groups is 1. The van der Waals surface area contributed by atoms with E-state index in [9.17, 15) is 4.39 Å². The van der Waals surface area contributed by atoms with Crippen LogP contribution in [0.1, 0.15) is 16.8 Å². The molecule has 0 bridgehead atoms. The van der Waals surface area contributed by atoms with Gasteiger partial charge < -0.3 is 11.1 Å². The standard InChI is InChI=1S/C16H19FN4/c1-12-5-6-13(10-15(12)17)11-21-16(18)20-9-7-14-4-2-3-8-19-14/h2-6,8,10H,7,9,11H2,1H3,(H3,18,20,21). The Bertz CT molecular complexity index is 611. The number of halogens is 1. The molecule has 4 nitrogen and oxygen atoms in total. The molecule has 1 aromatic carbocycles. The first-order valence-corrected chi connectivity index (χ1v) is 6.84. The predicted molar refractivity (Wildman–Crippen MR) is 82.4 cm³/mol. The van der Waals surface area contributed by atoms with Crippen molar-refractivity contribution in [2.45, 2.75) is 19.9 Å². The van der Waals surface area contributed by atoms with Crippen molar-refractivity contribution in [3.05, 3.63) is 65.2 Å². The third-order valence-corrected chi connectivity index (χ3v) is 3.08. The van der Waals surface area contributed by atoms with Crippen LogP contribution < -0.4 is 11.1 Å². The summed E-state index contributed by atoms with van der Waals surface area (Å²) in [5, 5.41) is 3.02. The van der Waals surface area contributed by atoms with Gasteiger partial charge in [0.25, 0.3) is 0 Å². The highest BCUT2D eigenvalue weighted by molar-refractivity contribution is 5.77. The molecule has 0 fully saturated rings. The number of pyridine rings is 1. The van der Waals surface area contributed by atoms with Gasteiger partial charge in [0, 0.05) is 24.9 Å². The molecule has 0 amide bonds. The van der Waals surface area contributed by atoms with Crippen molar-refractivity contribution < 1.29 is 4.39 Å². The van der Waals surface area contributed by atoms with Gasteiger partial charge in [-0.3, -0.25) is 4.98 Å². The molecule has 110 valence electrons. The van der Waals surface area contributed by atoms with E-state index in [0.717, 1.165) is 17.7 Å². The van der Waals surface area contributed by atoms with E-state index in [1.807, 2.05) is 24.3 Å². The molecule has 21 heavy (non-hydrogen) atoms. The second kappa shape index (κ2) is 7.38. The minimum Gasteiger partial charge on any atom is -0.370 e. The average Bonchev–Trinajstić information content (AvgIpc) is 2.49. The fourth-order valence-electron chi connectivity index (χ4n) is 1.83. The minimum absolute atomic E-state index is 0.218. The SMILES string of the molecule is Cc1ccc(CN=C(N)NCCc2ccccn2)cc1F. The zero-order chi connectivity index (χ0) is 15.1. The highest BCUT2D eigenvalue weighted by Gasteiger charge is 1.99. The number of aliphatic imine (C=N–C) groups is 1. The largest absolute Gasteiger partial charge is 0.370 e. The summed E-state index contributed by atoms with van der Waals surface area (Å²) >= 11 is 0. The normalized spacial score (nSPS) is 11.4. The molecule has 0 unspecified atom stereocenters. The van der Waals surface area contributed by atoms with Crippen LogP contribution in [0.3, 0.4) is 0 Å². The van der Waals surface area contributed by atoms with Crippen LogP contribution in [0, 0.1) is 12.7 Å². The van der Waals surface area contributed by atoms with E-state index in [0.29, 0.717) is 24.6 Å². The molecule has 1 heterocycles. The molecule has 0 saturated carbocycles. The van der Waals surface area contributed by atoms with Gasteiger partial charge in [-0.05, 0) is 36.2 Å². The van der Waals surface area contributed by atoms with E-state index < -0.39 is 0 Å². The lowest BCUT2D eigenvalue weighted by atomic mass is 10.1. The average molecular weight is 286 g/mol. The maximum absolute atomic E-state index is 13.4. The van der Waals surface area contributed by atoms with Gasteiger partial charge >= 0.3 is 0 Å². The van der Waals surface area contributed by atoms with Crippen molar-refractivity contribution in [2.24, 2.45) is 10.7 Å². The molecule has 5 heteroatoms. The molecule has 2 rings (SSSR count). The Morgan fingerprint density at radius 3 is 2.90 bits per heavy atom. The summed E-state index contributed by atoms with van der Waals surface area (Å²) in [4.78, 5) is 8.42. The molecular formula is C16H19FN4. The van der Waals surface area contributed by atoms with Gasteiger partial charge in [-0.1, -0.05) is 18.2 Å². The van der Waals surface area contributed by atoms with Crippen molar-refractivity contribution >= 4 is 5.96 Å². The van der Waals surface area contributed by atoms with Gasteiger partial charge in [0.15, 0.2) is 5.96 Å². The third kappa shape index (κ3) is 4.87. The van der Waals surface area contributed by atoms with Crippen LogP contribution >= 0.6 is 0 Å². The van der Waals surface area contributed by atoms with Gasteiger partial charge in [-0.15, -0.1) is 0 Å². The summed E-state index contributed by atoms with van der Waals surface area (Å²) in [7, 11) is 0. The topological polar surface area (TPSA) is 63.3 Å². The Kier molecular flexibility index (Phi) is 5.26.